The van der Waals surface area contributed by atoms with Crippen molar-refractivity contribution in [3.8, 4) is 0 Å². The Kier molecular flexibility index (Phi) is 4.44. The number of fused-ring (bicyclic) bond motifs is 1. The molecule has 22 heavy (non-hydrogen) atoms. The summed E-state index contributed by atoms with van der Waals surface area (Å²) in [5.74, 6) is 1.13. The van der Waals surface area contributed by atoms with Crippen molar-refractivity contribution in [3.63, 3.8) is 0 Å². The number of rotatable bonds is 5. The minimum Gasteiger partial charge on any atom is -0.343 e. The third-order valence-corrected chi connectivity index (χ3v) is 3.92. The minimum absolute atomic E-state index is 0.287. The molecular weight excluding hydrogens is 282 g/mol. The van der Waals surface area contributed by atoms with Gasteiger partial charge in [0.15, 0.2) is 11.2 Å². The van der Waals surface area contributed by atoms with Crippen molar-refractivity contribution in [3.05, 3.63) is 20.8 Å². The standard InChI is InChI=1S/C15H25N5O2/c1-7-19(8-2)14-16-12-11(20(14)9-10(3)4)13(21)18(6)15(22)17(12)5/h10H,7-9H2,1-6H3. The zero-order chi connectivity index (χ0) is 16.6. The summed E-state index contributed by atoms with van der Waals surface area (Å²) < 4.78 is 4.54. The van der Waals surface area contributed by atoms with Gasteiger partial charge in [-0.05, 0) is 19.8 Å². The molecule has 0 saturated heterocycles. The van der Waals surface area contributed by atoms with Crippen LogP contribution in [0.25, 0.3) is 11.2 Å². The van der Waals surface area contributed by atoms with Crippen LogP contribution in [0.4, 0.5) is 5.95 Å². The largest absolute Gasteiger partial charge is 0.343 e. The van der Waals surface area contributed by atoms with Gasteiger partial charge in [0.2, 0.25) is 5.95 Å². The highest BCUT2D eigenvalue weighted by atomic mass is 16.2. The lowest BCUT2D eigenvalue weighted by molar-refractivity contribution is 0.527. The topological polar surface area (TPSA) is 65.1 Å². The molecule has 2 rings (SSSR count). The van der Waals surface area contributed by atoms with Gasteiger partial charge in [-0.1, -0.05) is 13.8 Å². The lowest BCUT2D eigenvalue weighted by Gasteiger charge is -2.22. The van der Waals surface area contributed by atoms with Crippen LogP contribution < -0.4 is 16.1 Å². The van der Waals surface area contributed by atoms with Crippen LogP contribution in [0.5, 0.6) is 0 Å². The van der Waals surface area contributed by atoms with Gasteiger partial charge in [-0.2, -0.15) is 4.98 Å². The Morgan fingerprint density at radius 1 is 1.09 bits per heavy atom. The van der Waals surface area contributed by atoms with Crippen LogP contribution in [0.15, 0.2) is 9.59 Å². The molecule has 0 bridgehead atoms. The van der Waals surface area contributed by atoms with Crippen molar-refractivity contribution in [1.82, 2.24) is 18.7 Å². The van der Waals surface area contributed by atoms with Crippen LogP contribution in [0, 0.1) is 5.92 Å². The Morgan fingerprint density at radius 3 is 2.18 bits per heavy atom. The van der Waals surface area contributed by atoms with E-state index in [2.05, 4.69) is 37.6 Å². The first-order valence-corrected chi connectivity index (χ1v) is 7.74. The molecule has 0 fully saturated rings. The first-order valence-electron chi connectivity index (χ1n) is 7.74. The SMILES string of the molecule is CCN(CC)c1nc2c(c(=O)n(C)c(=O)n2C)n1CC(C)C. The molecule has 7 heteroatoms. The maximum atomic E-state index is 12.6. The van der Waals surface area contributed by atoms with Crippen molar-refractivity contribution in [2.24, 2.45) is 20.0 Å². The number of anilines is 1. The van der Waals surface area contributed by atoms with Crippen LogP contribution in [0.2, 0.25) is 0 Å². The van der Waals surface area contributed by atoms with Gasteiger partial charge < -0.3 is 9.47 Å². The second kappa shape index (κ2) is 5.98. The minimum atomic E-state index is -0.349. The molecule has 2 aromatic rings. The average molecular weight is 307 g/mol. The Labute approximate surface area is 129 Å². The van der Waals surface area contributed by atoms with Crippen molar-refractivity contribution < 1.29 is 0 Å². The van der Waals surface area contributed by atoms with Crippen LogP contribution in [0.1, 0.15) is 27.7 Å². The molecular formula is C15H25N5O2. The Hall–Kier alpha value is -2.05. The van der Waals surface area contributed by atoms with Crippen molar-refractivity contribution in [2.75, 3.05) is 18.0 Å². The van der Waals surface area contributed by atoms with Crippen molar-refractivity contribution in [1.29, 1.82) is 0 Å². The summed E-state index contributed by atoms with van der Waals surface area (Å²) in [4.78, 5) is 31.4. The molecule has 0 aliphatic carbocycles. The van der Waals surface area contributed by atoms with Crippen LogP contribution in [0.3, 0.4) is 0 Å². The predicted molar refractivity (Wildman–Crippen MR) is 88.6 cm³/mol. The fraction of sp³-hybridized carbons (Fsp3) is 0.667. The van der Waals surface area contributed by atoms with E-state index in [0.29, 0.717) is 23.6 Å². The first kappa shape index (κ1) is 16.3. The van der Waals surface area contributed by atoms with Crippen molar-refractivity contribution >= 4 is 17.1 Å². The van der Waals surface area contributed by atoms with Crippen LogP contribution in [-0.2, 0) is 20.6 Å². The van der Waals surface area contributed by atoms with Gasteiger partial charge in [0.25, 0.3) is 5.56 Å². The second-order valence-corrected chi connectivity index (χ2v) is 5.97. The highest BCUT2D eigenvalue weighted by Gasteiger charge is 2.21. The molecule has 0 aliphatic heterocycles. The van der Waals surface area contributed by atoms with E-state index in [9.17, 15) is 9.59 Å². The van der Waals surface area contributed by atoms with E-state index in [1.54, 1.807) is 7.05 Å². The molecule has 2 heterocycles. The van der Waals surface area contributed by atoms with Gasteiger partial charge in [-0.3, -0.25) is 13.9 Å². The molecule has 0 amide bonds. The molecule has 0 atom stereocenters. The summed E-state index contributed by atoms with van der Waals surface area (Å²) in [6.07, 6.45) is 0. The van der Waals surface area contributed by atoms with Gasteiger partial charge in [0.05, 0.1) is 0 Å². The monoisotopic (exact) mass is 307 g/mol. The quantitative estimate of drug-likeness (QED) is 0.824. The Balaban J connectivity index is 2.92. The van der Waals surface area contributed by atoms with E-state index < -0.39 is 0 Å². The fourth-order valence-corrected chi connectivity index (χ4v) is 2.72. The third kappa shape index (κ3) is 2.44. The maximum Gasteiger partial charge on any atom is 0.332 e. The van der Waals surface area contributed by atoms with Crippen LogP contribution >= 0.6 is 0 Å². The highest BCUT2D eigenvalue weighted by Crippen LogP contribution is 2.20. The van der Waals surface area contributed by atoms with Crippen LogP contribution in [-0.4, -0.2) is 31.8 Å². The molecule has 0 unspecified atom stereocenters. The number of nitrogens with zero attached hydrogens (tertiary/aromatic N) is 5. The van der Waals surface area contributed by atoms with Crippen molar-refractivity contribution in [2.45, 2.75) is 34.2 Å². The zero-order valence-electron chi connectivity index (χ0n) is 14.3. The van der Waals surface area contributed by atoms with E-state index in [-0.39, 0.29) is 11.2 Å². The highest BCUT2D eigenvalue weighted by molar-refractivity contribution is 5.74. The lowest BCUT2D eigenvalue weighted by Crippen LogP contribution is -2.37. The third-order valence-electron chi connectivity index (χ3n) is 3.92. The summed E-state index contributed by atoms with van der Waals surface area (Å²) in [5, 5.41) is 0. The Morgan fingerprint density at radius 2 is 1.68 bits per heavy atom. The number of aryl methyl sites for hydroxylation is 1. The lowest BCUT2D eigenvalue weighted by atomic mass is 10.2. The second-order valence-electron chi connectivity index (χ2n) is 5.97. The van der Waals surface area contributed by atoms with Gasteiger partial charge in [-0.15, -0.1) is 0 Å². The molecule has 0 saturated carbocycles. The normalized spacial score (nSPS) is 11.6. The average Bonchev–Trinajstić information content (AvgIpc) is 2.83. The van der Waals surface area contributed by atoms with E-state index in [4.69, 9.17) is 0 Å². The smallest absolute Gasteiger partial charge is 0.332 e. The summed E-state index contributed by atoms with van der Waals surface area (Å²) >= 11 is 0. The first-order chi connectivity index (χ1) is 10.3. The predicted octanol–water partition coefficient (Wildman–Crippen LogP) is 0.936. The fourth-order valence-electron chi connectivity index (χ4n) is 2.72. The molecule has 2 aromatic heterocycles. The molecule has 7 nitrogen and oxygen atoms in total. The molecule has 0 N–H and O–H groups in total. The molecule has 0 aromatic carbocycles. The van der Waals surface area contributed by atoms with Gasteiger partial charge in [-0.25, -0.2) is 4.79 Å². The molecule has 0 spiro atoms. The maximum absolute atomic E-state index is 12.6. The van der Waals surface area contributed by atoms with E-state index in [1.165, 1.54) is 11.6 Å². The van der Waals surface area contributed by atoms with E-state index in [0.717, 1.165) is 23.6 Å². The van der Waals surface area contributed by atoms with E-state index >= 15 is 0 Å². The number of hydrogen-bond donors (Lipinski definition) is 0. The molecule has 0 radical (unpaired) electrons. The van der Waals surface area contributed by atoms with Gasteiger partial charge in [0, 0.05) is 33.7 Å². The molecule has 0 aliphatic rings. The zero-order valence-corrected chi connectivity index (χ0v) is 14.3. The van der Waals surface area contributed by atoms with Gasteiger partial charge in [0.1, 0.15) is 0 Å². The summed E-state index contributed by atoms with van der Waals surface area (Å²) in [5.41, 5.74) is 0.318. The summed E-state index contributed by atoms with van der Waals surface area (Å²) in [6, 6.07) is 0. The molecule has 122 valence electrons. The van der Waals surface area contributed by atoms with E-state index in [1.807, 2.05) is 4.57 Å². The number of hydrogen-bond acceptors (Lipinski definition) is 4. The summed E-state index contributed by atoms with van der Waals surface area (Å²) in [7, 11) is 3.16. The Bertz CT molecular complexity index is 793. The van der Waals surface area contributed by atoms with Gasteiger partial charge >= 0.3 is 5.69 Å². The number of aromatic nitrogens is 4. The summed E-state index contributed by atoms with van der Waals surface area (Å²) in [6.45, 7) is 10.6. The number of imidazole rings is 1.